The largest absolute Gasteiger partial charge is 0.324 e. The van der Waals surface area contributed by atoms with Gasteiger partial charge in [-0.15, -0.1) is 0 Å². The van der Waals surface area contributed by atoms with Crippen LogP contribution in [0.4, 0.5) is 0 Å². The van der Waals surface area contributed by atoms with Crippen molar-refractivity contribution in [1.29, 1.82) is 0 Å². The van der Waals surface area contributed by atoms with E-state index in [4.69, 9.17) is 17.3 Å². The fourth-order valence-electron chi connectivity index (χ4n) is 2.73. The second-order valence-electron chi connectivity index (χ2n) is 5.56. The summed E-state index contributed by atoms with van der Waals surface area (Å²) in [4.78, 5) is 2.58. The highest BCUT2D eigenvalue weighted by Gasteiger charge is 2.11. The maximum absolute atomic E-state index is 6.26. The van der Waals surface area contributed by atoms with Crippen molar-refractivity contribution < 1.29 is 0 Å². The van der Waals surface area contributed by atoms with Crippen molar-refractivity contribution in [2.45, 2.75) is 44.6 Å². The van der Waals surface area contributed by atoms with Gasteiger partial charge in [0.2, 0.25) is 0 Å². The molecule has 1 unspecified atom stereocenters. The Bertz CT molecular complexity index is 356. The molecule has 0 aromatic heterocycles. The van der Waals surface area contributed by atoms with Crippen LogP contribution < -0.4 is 5.73 Å². The monoisotopic (exact) mass is 280 g/mol. The van der Waals surface area contributed by atoms with Gasteiger partial charge in [-0.05, 0) is 56.6 Å². The standard InChI is InChI=1S/C16H25ClN2/c17-15-8-6-14(7-9-15)16(18)10-13-19-11-4-2-1-3-5-12-19/h6-9,16H,1-5,10-13,18H2. The van der Waals surface area contributed by atoms with Gasteiger partial charge < -0.3 is 10.6 Å². The number of hydrogen-bond acceptors (Lipinski definition) is 2. The number of nitrogens with zero attached hydrogens (tertiary/aromatic N) is 1. The molecule has 2 N–H and O–H groups in total. The maximum atomic E-state index is 6.26. The topological polar surface area (TPSA) is 29.3 Å². The summed E-state index contributed by atoms with van der Waals surface area (Å²) in [6.45, 7) is 3.60. The summed E-state index contributed by atoms with van der Waals surface area (Å²) in [6.07, 6.45) is 7.91. The van der Waals surface area contributed by atoms with E-state index < -0.39 is 0 Å². The Morgan fingerprint density at radius 3 is 2.21 bits per heavy atom. The first-order valence-electron chi connectivity index (χ1n) is 7.49. The van der Waals surface area contributed by atoms with Crippen LogP contribution in [0.2, 0.25) is 5.02 Å². The minimum Gasteiger partial charge on any atom is -0.324 e. The van der Waals surface area contributed by atoms with Crippen molar-refractivity contribution in [2.75, 3.05) is 19.6 Å². The first-order valence-corrected chi connectivity index (χ1v) is 7.87. The third-order valence-electron chi connectivity index (χ3n) is 4.00. The van der Waals surface area contributed by atoms with E-state index in [1.165, 1.54) is 50.8 Å². The van der Waals surface area contributed by atoms with E-state index in [0.29, 0.717) is 0 Å². The minimum atomic E-state index is 0.128. The van der Waals surface area contributed by atoms with E-state index in [2.05, 4.69) is 4.90 Å². The molecule has 1 aliphatic heterocycles. The van der Waals surface area contributed by atoms with Crippen molar-refractivity contribution in [3.05, 3.63) is 34.9 Å². The second kappa shape index (κ2) is 7.88. The van der Waals surface area contributed by atoms with Crippen molar-refractivity contribution >= 4 is 11.6 Å². The predicted octanol–water partition coefficient (Wildman–Crippen LogP) is 4.00. The molecule has 1 fully saturated rings. The Balaban J connectivity index is 1.78. The molecular weight excluding hydrogens is 256 g/mol. The molecule has 1 saturated heterocycles. The van der Waals surface area contributed by atoms with Crippen LogP contribution in [0.5, 0.6) is 0 Å². The highest BCUT2D eigenvalue weighted by Crippen LogP contribution is 2.18. The summed E-state index contributed by atoms with van der Waals surface area (Å²) in [6, 6.07) is 8.06. The third kappa shape index (κ3) is 5.13. The molecule has 1 heterocycles. The second-order valence-corrected chi connectivity index (χ2v) is 5.99. The number of hydrogen-bond donors (Lipinski definition) is 1. The number of nitrogens with two attached hydrogens (primary N) is 1. The molecule has 2 nitrogen and oxygen atoms in total. The van der Waals surface area contributed by atoms with Crippen LogP contribution >= 0.6 is 11.6 Å². The van der Waals surface area contributed by atoms with Gasteiger partial charge >= 0.3 is 0 Å². The van der Waals surface area contributed by atoms with Crippen LogP contribution in [0, 0.1) is 0 Å². The van der Waals surface area contributed by atoms with Crippen LogP contribution in [0.25, 0.3) is 0 Å². The Labute approximate surface area is 121 Å². The molecule has 0 amide bonds. The SMILES string of the molecule is NC(CCN1CCCCCCC1)c1ccc(Cl)cc1. The lowest BCUT2D eigenvalue weighted by Crippen LogP contribution is -2.30. The Hall–Kier alpha value is -0.570. The first-order chi connectivity index (χ1) is 9.25. The van der Waals surface area contributed by atoms with Gasteiger partial charge in [-0.3, -0.25) is 0 Å². The molecule has 0 radical (unpaired) electrons. The van der Waals surface area contributed by atoms with E-state index in [0.717, 1.165) is 18.0 Å². The molecule has 1 aliphatic rings. The summed E-state index contributed by atoms with van der Waals surface area (Å²) in [7, 11) is 0. The zero-order valence-corrected chi connectivity index (χ0v) is 12.4. The van der Waals surface area contributed by atoms with Gasteiger partial charge in [0.15, 0.2) is 0 Å². The quantitative estimate of drug-likeness (QED) is 0.903. The predicted molar refractivity (Wildman–Crippen MR) is 82.5 cm³/mol. The number of benzene rings is 1. The molecule has 2 rings (SSSR count). The molecular formula is C16H25ClN2. The summed E-state index contributed by atoms with van der Waals surface area (Å²) in [5, 5.41) is 0.778. The molecule has 3 heteroatoms. The van der Waals surface area contributed by atoms with Gasteiger partial charge in [0.1, 0.15) is 0 Å². The fraction of sp³-hybridized carbons (Fsp3) is 0.625. The van der Waals surface area contributed by atoms with Gasteiger partial charge in [0.05, 0.1) is 0 Å². The molecule has 1 aromatic rings. The van der Waals surface area contributed by atoms with Crippen molar-refractivity contribution in [2.24, 2.45) is 5.73 Å². The molecule has 0 spiro atoms. The van der Waals surface area contributed by atoms with Gasteiger partial charge in [-0.1, -0.05) is 43.0 Å². The van der Waals surface area contributed by atoms with Crippen molar-refractivity contribution in [1.82, 2.24) is 4.90 Å². The maximum Gasteiger partial charge on any atom is 0.0406 e. The number of rotatable bonds is 4. The van der Waals surface area contributed by atoms with E-state index in [1.807, 2.05) is 24.3 Å². The normalized spacial score (nSPS) is 19.7. The van der Waals surface area contributed by atoms with E-state index in [9.17, 15) is 0 Å². The third-order valence-corrected chi connectivity index (χ3v) is 4.26. The fourth-order valence-corrected chi connectivity index (χ4v) is 2.86. The molecule has 106 valence electrons. The van der Waals surface area contributed by atoms with Crippen LogP contribution in [-0.2, 0) is 0 Å². The summed E-state index contributed by atoms with van der Waals surface area (Å²) in [5.41, 5.74) is 7.45. The molecule has 1 aromatic carbocycles. The average molecular weight is 281 g/mol. The highest BCUT2D eigenvalue weighted by molar-refractivity contribution is 6.30. The van der Waals surface area contributed by atoms with Crippen LogP contribution in [0.3, 0.4) is 0 Å². The molecule has 19 heavy (non-hydrogen) atoms. The van der Waals surface area contributed by atoms with E-state index >= 15 is 0 Å². The van der Waals surface area contributed by atoms with Crippen LogP contribution in [0.1, 0.15) is 50.1 Å². The van der Waals surface area contributed by atoms with Crippen molar-refractivity contribution in [3.63, 3.8) is 0 Å². The Morgan fingerprint density at radius 1 is 1.00 bits per heavy atom. The molecule has 0 aliphatic carbocycles. The summed E-state index contributed by atoms with van der Waals surface area (Å²) >= 11 is 5.90. The summed E-state index contributed by atoms with van der Waals surface area (Å²) in [5.74, 6) is 0. The summed E-state index contributed by atoms with van der Waals surface area (Å²) < 4.78 is 0. The minimum absolute atomic E-state index is 0.128. The lowest BCUT2D eigenvalue weighted by atomic mass is 10.0. The number of halogens is 1. The van der Waals surface area contributed by atoms with Gasteiger partial charge in [0, 0.05) is 11.1 Å². The smallest absolute Gasteiger partial charge is 0.0406 e. The lowest BCUT2D eigenvalue weighted by molar-refractivity contribution is 0.239. The zero-order chi connectivity index (χ0) is 13.5. The Morgan fingerprint density at radius 2 is 1.58 bits per heavy atom. The van der Waals surface area contributed by atoms with E-state index in [-0.39, 0.29) is 6.04 Å². The van der Waals surface area contributed by atoms with Crippen LogP contribution in [0.15, 0.2) is 24.3 Å². The van der Waals surface area contributed by atoms with Crippen molar-refractivity contribution in [3.8, 4) is 0 Å². The van der Waals surface area contributed by atoms with Gasteiger partial charge in [0.25, 0.3) is 0 Å². The number of likely N-dealkylation sites (tertiary alicyclic amines) is 1. The average Bonchev–Trinajstić information content (AvgIpc) is 2.38. The lowest BCUT2D eigenvalue weighted by Gasteiger charge is -2.25. The van der Waals surface area contributed by atoms with Crippen LogP contribution in [-0.4, -0.2) is 24.5 Å². The zero-order valence-electron chi connectivity index (χ0n) is 11.7. The van der Waals surface area contributed by atoms with E-state index in [1.54, 1.807) is 0 Å². The molecule has 0 saturated carbocycles. The van der Waals surface area contributed by atoms with Gasteiger partial charge in [-0.25, -0.2) is 0 Å². The Kier molecular flexibility index (Phi) is 6.15. The highest BCUT2D eigenvalue weighted by atomic mass is 35.5. The molecule has 0 bridgehead atoms. The van der Waals surface area contributed by atoms with Gasteiger partial charge in [-0.2, -0.15) is 0 Å². The molecule has 1 atom stereocenters. The first kappa shape index (κ1) is 14.8.